The van der Waals surface area contributed by atoms with Crippen LogP contribution in [0.3, 0.4) is 0 Å². The lowest BCUT2D eigenvalue weighted by molar-refractivity contribution is 0.178. The number of amides is 2. The molecule has 0 spiro atoms. The lowest BCUT2D eigenvalue weighted by Gasteiger charge is -2.40. The number of nitrogens with zero attached hydrogens (tertiary/aromatic N) is 3. The topological polar surface area (TPSA) is 26.8 Å². The Balaban J connectivity index is 1.33. The van der Waals surface area contributed by atoms with E-state index in [4.69, 9.17) is 0 Å². The fourth-order valence-corrected chi connectivity index (χ4v) is 4.40. The second-order valence-corrected chi connectivity index (χ2v) is 8.39. The van der Waals surface area contributed by atoms with E-state index in [1.165, 1.54) is 5.69 Å². The van der Waals surface area contributed by atoms with Crippen LogP contribution in [0.5, 0.6) is 0 Å². The molecule has 4 rings (SSSR count). The van der Waals surface area contributed by atoms with Crippen molar-refractivity contribution in [2.24, 2.45) is 5.92 Å². The third-order valence-corrected chi connectivity index (χ3v) is 6.19. The fraction of sp³-hybridized carbons (Fsp3) is 0.409. The Hall–Kier alpha value is -2.01. The summed E-state index contributed by atoms with van der Waals surface area (Å²) in [5, 5.41) is 0. The van der Waals surface area contributed by atoms with Crippen molar-refractivity contribution in [2.75, 3.05) is 42.5 Å². The van der Waals surface area contributed by atoms with Crippen molar-refractivity contribution in [3.63, 3.8) is 0 Å². The molecule has 0 atom stereocenters. The summed E-state index contributed by atoms with van der Waals surface area (Å²) >= 11 is 3.50. The number of para-hydroxylation sites is 1. The Bertz CT molecular complexity index is 757. The molecule has 0 aromatic heterocycles. The van der Waals surface area contributed by atoms with Crippen molar-refractivity contribution < 1.29 is 4.79 Å². The summed E-state index contributed by atoms with van der Waals surface area (Å²) in [6.07, 6.45) is 3.33. The molecule has 5 heteroatoms. The largest absolute Gasteiger partial charge is 0.372 e. The highest BCUT2D eigenvalue weighted by Gasteiger charge is 2.29. The number of piperidine rings is 1. The normalized spacial score (nSPS) is 18.9. The molecule has 2 saturated heterocycles. The first-order valence-corrected chi connectivity index (χ1v) is 10.6. The Morgan fingerprint density at radius 3 is 2.26 bits per heavy atom. The number of carbonyl (C=O) groups is 1. The number of hydrogen-bond acceptors (Lipinski definition) is 2. The Kier molecular flexibility index (Phi) is 5.67. The number of halogens is 1. The van der Waals surface area contributed by atoms with Crippen LogP contribution in [0.4, 0.5) is 16.2 Å². The standard InChI is InChI=1S/C22H26BrN3O/c23-19-7-9-20(10-8-19)24-15-11-18(12-16-24)17-25-13-4-14-26(22(25)27)21-5-2-1-3-6-21/h1-3,5-10,18H,4,11-17H2. The van der Waals surface area contributed by atoms with Crippen molar-refractivity contribution in [2.45, 2.75) is 19.3 Å². The molecule has 0 radical (unpaired) electrons. The second kappa shape index (κ2) is 8.34. The minimum absolute atomic E-state index is 0.169. The molecule has 2 aliphatic heterocycles. The van der Waals surface area contributed by atoms with E-state index in [-0.39, 0.29) is 6.03 Å². The van der Waals surface area contributed by atoms with Crippen LogP contribution in [0.1, 0.15) is 19.3 Å². The average molecular weight is 428 g/mol. The first-order valence-electron chi connectivity index (χ1n) is 9.83. The third kappa shape index (κ3) is 4.29. The molecule has 4 nitrogen and oxygen atoms in total. The van der Waals surface area contributed by atoms with Crippen molar-refractivity contribution in [3.8, 4) is 0 Å². The monoisotopic (exact) mass is 427 g/mol. The number of urea groups is 1. The minimum atomic E-state index is 0.169. The Morgan fingerprint density at radius 2 is 1.56 bits per heavy atom. The number of hydrogen-bond donors (Lipinski definition) is 0. The molecule has 2 amide bonds. The van der Waals surface area contributed by atoms with Crippen LogP contribution in [0.2, 0.25) is 0 Å². The van der Waals surface area contributed by atoms with Crippen LogP contribution in [-0.4, -0.2) is 43.7 Å². The van der Waals surface area contributed by atoms with Crippen molar-refractivity contribution in [1.82, 2.24) is 4.90 Å². The van der Waals surface area contributed by atoms with E-state index in [1.807, 2.05) is 35.2 Å². The smallest absolute Gasteiger partial charge is 0.324 e. The van der Waals surface area contributed by atoms with Gasteiger partial charge in [-0.25, -0.2) is 4.79 Å². The summed E-state index contributed by atoms with van der Waals surface area (Å²) in [4.78, 5) is 19.4. The van der Waals surface area contributed by atoms with E-state index in [0.29, 0.717) is 5.92 Å². The average Bonchev–Trinajstić information content (AvgIpc) is 2.71. The van der Waals surface area contributed by atoms with Crippen LogP contribution in [0.15, 0.2) is 59.1 Å². The van der Waals surface area contributed by atoms with E-state index in [2.05, 4.69) is 50.0 Å². The van der Waals surface area contributed by atoms with Gasteiger partial charge in [0.1, 0.15) is 0 Å². The van der Waals surface area contributed by atoms with E-state index in [0.717, 1.165) is 62.1 Å². The summed E-state index contributed by atoms with van der Waals surface area (Å²) in [5.74, 6) is 0.594. The predicted octanol–water partition coefficient (Wildman–Crippen LogP) is 5.00. The van der Waals surface area contributed by atoms with Gasteiger partial charge in [-0.05, 0) is 61.6 Å². The van der Waals surface area contributed by atoms with E-state index in [1.54, 1.807) is 0 Å². The van der Waals surface area contributed by atoms with Crippen molar-refractivity contribution in [3.05, 3.63) is 59.1 Å². The van der Waals surface area contributed by atoms with Crippen LogP contribution in [0, 0.1) is 5.92 Å². The van der Waals surface area contributed by atoms with Gasteiger partial charge in [0.05, 0.1) is 0 Å². The zero-order chi connectivity index (χ0) is 18.6. The SMILES string of the molecule is O=C1N(CC2CCN(c3ccc(Br)cc3)CC2)CCCN1c1ccccc1. The molecule has 2 aromatic carbocycles. The zero-order valence-corrected chi connectivity index (χ0v) is 17.1. The van der Waals surface area contributed by atoms with Crippen LogP contribution < -0.4 is 9.80 Å². The first-order chi connectivity index (χ1) is 13.2. The highest BCUT2D eigenvalue weighted by molar-refractivity contribution is 9.10. The minimum Gasteiger partial charge on any atom is -0.372 e. The Morgan fingerprint density at radius 1 is 0.852 bits per heavy atom. The third-order valence-electron chi connectivity index (χ3n) is 5.66. The van der Waals surface area contributed by atoms with Gasteiger partial charge in [0.25, 0.3) is 0 Å². The van der Waals surface area contributed by atoms with Crippen LogP contribution >= 0.6 is 15.9 Å². The molecular formula is C22H26BrN3O. The summed E-state index contributed by atoms with van der Waals surface area (Å²) in [5.41, 5.74) is 2.30. The molecule has 2 heterocycles. The van der Waals surface area contributed by atoms with E-state index in [9.17, 15) is 4.79 Å². The van der Waals surface area contributed by atoms with Crippen LogP contribution in [-0.2, 0) is 0 Å². The van der Waals surface area contributed by atoms with E-state index >= 15 is 0 Å². The summed E-state index contributed by atoms with van der Waals surface area (Å²) in [7, 11) is 0. The van der Waals surface area contributed by atoms with Gasteiger partial charge >= 0.3 is 6.03 Å². The van der Waals surface area contributed by atoms with Gasteiger partial charge in [-0.2, -0.15) is 0 Å². The van der Waals surface area contributed by atoms with Gasteiger partial charge in [-0.3, -0.25) is 4.90 Å². The van der Waals surface area contributed by atoms with Crippen LogP contribution in [0.25, 0.3) is 0 Å². The quantitative estimate of drug-likeness (QED) is 0.686. The second-order valence-electron chi connectivity index (χ2n) is 7.48. The van der Waals surface area contributed by atoms with Crippen molar-refractivity contribution in [1.29, 1.82) is 0 Å². The first kappa shape index (κ1) is 18.4. The summed E-state index contributed by atoms with van der Waals surface area (Å²) in [6, 6.07) is 18.8. The molecular weight excluding hydrogens is 402 g/mol. The number of anilines is 2. The molecule has 0 saturated carbocycles. The van der Waals surface area contributed by atoms with Gasteiger partial charge in [0, 0.05) is 48.6 Å². The molecule has 0 unspecified atom stereocenters. The predicted molar refractivity (Wildman–Crippen MR) is 114 cm³/mol. The Labute approximate surface area is 169 Å². The summed E-state index contributed by atoms with van der Waals surface area (Å²) < 4.78 is 1.12. The fourth-order valence-electron chi connectivity index (χ4n) is 4.14. The zero-order valence-electron chi connectivity index (χ0n) is 15.6. The van der Waals surface area contributed by atoms with Crippen molar-refractivity contribution >= 4 is 33.3 Å². The molecule has 27 heavy (non-hydrogen) atoms. The molecule has 0 bridgehead atoms. The molecule has 0 N–H and O–H groups in total. The molecule has 142 valence electrons. The molecule has 2 aliphatic rings. The molecule has 2 aromatic rings. The highest BCUT2D eigenvalue weighted by Crippen LogP contribution is 2.27. The lowest BCUT2D eigenvalue weighted by atomic mass is 9.95. The van der Waals surface area contributed by atoms with Gasteiger partial charge in [-0.1, -0.05) is 34.1 Å². The lowest BCUT2D eigenvalue weighted by Crippen LogP contribution is -2.51. The van der Waals surface area contributed by atoms with Gasteiger partial charge in [-0.15, -0.1) is 0 Å². The maximum absolute atomic E-state index is 13.0. The van der Waals surface area contributed by atoms with E-state index < -0.39 is 0 Å². The summed E-state index contributed by atoms with van der Waals surface area (Å²) in [6.45, 7) is 4.72. The maximum atomic E-state index is 13.0. The highest BCUT2D eigenvalue weighted by atomic mass is 79.9. The van der Waals surface area contributed by atoms with Gasteiger partial charge in [0.15, 0.2) is 0 Å². The molecule has 0 aliphatic carbocycles. The van der Waals surface area contributed by atoms with Gasteiger partial charge in [0.2, 0.25) is 0 Å². The molecule has 2 fully saturated rings. The van der Waals surface area contributed by atoms with Gasteiger partial charge < -0.3 is 9.80 Å². The number of benzene rings is 2. The number of carbonyl (C=O) groups excluding carboxylic acids is 1. The maximum Gasteiger partial charge on any atom is 0.324 e. The number of rotatable bonds is 4.